The van der Waals surface area contributed by atoms with E-state index in [1.807, 2.05) is 12.1 Å². The van der Waals surface area contributed by atoms with E-state index in [2.05, 4.69) is 0 Å². The Morgan fingerprint density at radius 2 is 2.00 bits per heavy atom. The first-order valence-electron chi connectivity index (χ1n) is 7.29. The van der Waals surface area contributed by atoms with Crippen molar-refractivity contribution >= 4 is 27.3 Å². The SMILES string of the molecule is CS(=O)(=O)Cc1ccc(C(=O)N2CC(Oc3ccccc3Cl)C2)o1. The van der Waals surface area contributed by atoms with Crippen molar-refractivity contribution in [2.45, 2.75) is 11.9 Å². The number of ether oxygens (including phenoxy) is 1. The third-order valence-corrected chi connectivity index (χ3v) is 4.66. The van der Waals surface area contributed by atoms with Crippen molar-refractivity contribution in [1.29, 1.82) is 0 Å². The fraction of sp³-hybridized carbons (Fsp3) is 0.312. The molecule has 8 heteroatoms. The average molecular weight is 370 g/mol. The number of sulfone groups is 1. The molecule has 2 heterocycles. The van der Waals surface area contributed by atoms with Crippen molar-refractivity contribution in [3.05, 3.63) is 52.9 Å². The summed E-state index contributed by atoms with van der Waals surface area (Å²) >= 11 is 6.03. The Kier molecular flexibility index (Phi) is 4.56. The van der Waals surface area contributed by atoms with Crippen molar-refractivity contribution in [3.63, 3.8) is 0 Å². The Balaban J connectivity index is 1.56. The molecule has 1 aromatic heterocycles. The van der Waals surface area contributed by atoms with Gasteiger partial charge in [0.05, 0.1) is 18.1 Å². The third-order valence-electron chi connectivity index (χ3n) is 3.54. The standard InChI is InChI=1S/C16H16ClNO5S/c1-24(20,21)10-11-6-7-15(22-11)16(19)18-8-12(9-18)23-14-5-3-2-4-13(14)17/h2-7,12H,8-10H2,1H3. The van der Waals surface area contributed by atoms with Crippen LogP contribution in [0.15, 0.2) is 40.8 Å². The lowest BCUT2D eigenvalue weighted by molar-refractivity contribution is 0.0155. The molecule has 0 spiro atoms. The molecular formula is C16H16ClNO5S. The zero-order chi connectivity index (χ0) is 17.3. The number of carbonyl (C=O) groups is 1. The first-order valence-corrected chi connectivity index (χ1v) is 9.72. The fourth-order valence-electron chi connectivity index (χ4n) is 2.38. The molecule has 1 aliphatic rings. The van der Waals surface area contributed by atoms with Crippen molar-refractivity contribution in [1.82, 2.24) is 4.90 Å². The lowest BCUT2D eigenvalue weighted by Crippen LogP contribution is -2.56. The van der Waals surface area contributed by atoms with E-state index in [4.69, 9.17) is 20.8 Å². The van der Waals surface area contributed by atoms with Crippen LogP contribution in [0, 0.1) is 0 Å². The van der Waals surface area contributed by atoms with E-state index in [9.17, 15) is 13.2 Å². The van der Waals surface area contributed by atoms with Gasteiger partial charge in [0.2, 0.25) is 0 Å². The largest absolute Gasteiger partial charge is 0.485 e. The van der Waals surface area contributed by atoms with Gasteiger partial charge in [-0.1, -0.05) is 23.7 Å². The van der Waals surface area contributed by atoms with Crippen LogP contribution >= 0.6 is 11.6 Å². The summed E-state index contributed by atoms with van der Waals surface area (Å²) in [7, 11) is -3.20. The molecule has 0 N–H and O–H groups in total. The fourth-order valence-corrected chi connectivity index (χ4v) is 3.24. The number of hydrogen-bond acceptors (Lipinski definition) is 5. The van der Waals surface area contributed by atoms with Crippen LogP contribution in [0.25, 0.3) is 0 Å². The zero-order valence-corrected chi connectivity index (χ0v) is 14.5. The maximum Gasteiger partial charge on any atom is 0.289 e. The van der Waals surface area contributed by atoms with Crippen molar-refractivity contribution in [3.8, 4) is 5.75 Å². The minimum Gasteiger partial charge on any atom is -0.485 e. The minimum absolute atomic E-state index is 0.126. The normalized spacial score (nSPS) is 15.2. The van der Waals surface area contributed by atoms with Crippen LogP contribution in [0.3, 0.4) is 0 Å². The van der Waals surface area contributed by atoms with Crippen LogP contribution in [0.5, 0.6) is 5.75 Å². The molecule has 1 fully saturated rings. The Morgan fingerprint density at radius 1 is 1.29 bits per heavy atom. The summed E-state index contributed by atoms with van der Waals surface area (Å²) in [6.45, 7) is 0.846. The summed E-state index contributed by atoms with van der Waals surface area (Å²) in [5, 5.41) is 0.527. The maximum absolute atomic E-state index is 12.3. The van der Waals surface area contributed by atoms with E-state index in [1.165, 1.54) is 12.1 Å². The van der Waals surface area contributed by atoms with Crippen LogP contribution in [0.2, 0.25) is 5.02 Å². The molecule has 3 rings (SSSR count). The van der Waals surface area contributed by atoms with Gasteiger partial charge >= 0.3 is 0 Å². The highest BCUT2D eigenvalue weighted by Gasteiger charge is 2.34. The van der Waals surface area contributed by atoms with Crippen LogP contribution in [0.1, 0.15) is 16.3 Å². The summed E-state index contributed by atoms with van der Waals surface area (Å²) in [5.41, 5.74) is 0. The van der Waals surface area contributed by atoms with Gasteiger partial charge in [-0.2, -0.15) is 0 Å². The van der Waals surface area contributed by atoms with Crippen molar-refractivity contribution in [2.24, 2.45) is 0 Å². The van der Waals surface area contributed by atoms with Crippen molar-refractivity contribution < 1.29 is 22.4 Å². The Bertz CT molecular complexity index is 855. The molecule has 1 saturated heterocycles. The zero-order valence-electron chi connectivity index (χ0n) is 12.9. The van der Waals surface area contributed by atoms with Crippen LogP contribution in [-0.2, 0) is 15.6 Å². The number of para-hydroxylation sites is 1. The Labute approximate surface area is 144 Å². The van der Waals surface area contributed by atoms with Crippen LogP contribution in [-0.4, -0.2) is 44.7 Å². The molecule has 1 amide bonds. The minimum atomic E-state index is -3.20. The summed E-state index contributed by atoms with van der Waals surface area (Å²) < 4.78 is 33.5. The molecule has 24 heavy (non-hydrogen) atoms. The predicted octanol–water partition coefficient (Wildman–Crippen LogP) is 2.38. The molecule has 1 aromatic carbocycles. The molecular weight excluding hydrogens is 354 g/mol. The molecule has 2 aromatic rings. The van der Waals surface area contributed by atoms with Gasteiger partial charge in [0.15, 0.2) is 15.6 Å². The molecule has 0 atom stereocenters. The highest BCUT2D eigenvalue weighted by atomic mass is 35.5. The number of likely N-dealkylation sites (tertiary alicyclic amines) is 1. The Hall–Kier alpha value is -1.99. The molecule has 1 aliphatic heterocycles. The highest BCUT2D eigenvalue weighted by Crippen LogP contribution is 2.27. The summed E-state index contributed by atoms with van der Waals surface area (Å²) in [5.74, 6) is 0.465. The molecule has 128 valence electrons. The monoisotopic (exact) mass is 369 g/mol. The summed E-state index contributed by atoms with van der Waals surface area (Å²) in [4.78, 5) is 13.8. The number of halogens is 1. The maximum atomic E-state index is 12.3. The number of hydrogen-bond donors (Lipinski definition) is 0. The van der Waals surface area contributed by atoms with E-state index < -0.39 is 9.84 Å². The van der Waals surface area contributed by atoms with E-state index in [0.717, 1.165) is 6.26 Å². The van der Waals surface area contributed by atoms with Gasteiger partial charge in [-0.3, -0.25) is 4.79 Å². The van der Waals surface area contributed by atoms with Gasteiger partial charge in [-0.25, -0.2) is 8.42 Å². The first kappa shape index (κ1) is 16.9. The topological polar surface area (TPSA) is 76.8 Å². The average Bonchev–Trinajstić information content (AvgIpc) is 2.90. The van der Waals surface area contributed by atoms with E-state index >= 15 is 0 Å². The number of nitrogens with zero attached hydrogens (tertiary/aromatic N) is 1. The number of rotatable bonds is 5. The van der Waals surface area contributed by atoms with Crippen LogP contribution in [0.4, 0.5) is 0 Å². The van der Waals surface area contributed by atoms with E-state index in [1.54, 1.807) is 17.0 Å². The quantitative estimate of drug-likeness (QED) is 0.808. The molecule has 0 bridgehead atoms. The van der Waals surface area contributed by atoms with Gasteiger partial charge in [-0.05, 0) is 24.3 Å². The molecule has 6 nitrogen and oxygen atoms in total. The van der Waals surface area contributed by atoms with Crippen molar-refractivity contribution in [2.75, 3.05) is 19.3 Å². The smallest absolute Gasteiger partial charge is 0.289 e. The predicted molar refractivity (Wildman–Crippen MR) is 89.0 cm³/mol. The molecule has 0 saturated carbocycles. The number of furan rings is 1. The van der Waals surface area contributed by atoms with Gasteiger partial charge in [0.1, 0.15) is 23.4 Å². The number of carbonyl (C=O) groups excluding carboxylic acids is 1. The van der Waals surface area contributed by atoms with E-state index in [0.29, 0.717) is 23.9 Å². The summed E-state index contributed by atoms with van der Waals surface area (Å²) in [6.07, 6.45) is 0.989. The van der Waals surface area contributed by atoms with Crippen LogP contribution < -0.4 is 4.74 Å². The lowest BCUT2D eigenvalue weighted by Gasteiger charge is -2.38. The number of benzene rings is 1. The second-order valence-electron chi connectivity index (χ2n) is 5.72. The molecule has 0 aliphatic carbocycles. The van der Waals surface area contributed by atoms with E-state index in [-0.39, 0.29) is 29.3 Å². The second kappa shape index (κ2) is 6.49. The van der Waals surface area contributed by atoms with Gasteiger partial charge in [0.25, 0.3) is 5.91 Å². The lowest BCUT2D eigenvalue weighted by atomic mass is 10.1. The second-order valence-corrected chi connectivity index (χ2v) is 8.26. The first-order chi connectivity index (χ1) is 11.3. The molecule has 0 unspecified atom stereocenters. The van der Waals surface area contributed by atoms with Gasteiger partial charge < -0.3 is 14.1 Å². The highest BCUT2D eigenvalue weighted by molar-refractivity contribution is 7.89. The molecule has 0 radical (unpaired) electrons. The van der Waals surface area contributed by atoms with Gasteiger partial charge in [-0.15, -0.1) is 0 Å². The number of amides is 1. The summed E-state index contributed by atoms with van der Waals surface area (Å²) in [6, 6.07) is 10.2. The van der Waals surface area contributed by atoms with Gasteiger partial charge in [0, 0.05) is 6.26 Å². The Morgan fingerprint density at radius 3 is 2.67 bits per heavy atom. The third kappa shape index (κ3) is 3.91.